The van der Waals surface area contributed by atoms with Gasteiger partial charge in [0, 0.05) is 0 Å². The van der Waals surface area contributed by atoms with Crippen molar-refractivity contribution in [3.63, 3.8) is 0 Å². The van der Waals surface area contributed by atoms with Crippen LogP contribution < -0.4 is 0 Å². The minimum absolute atomic E-state index is 1.35. The van der Waals surface area contributed by atoms with Crippen molar-refractivity contribution in [1.82, 2.24) is 0 Å². The highest BCUT2D eigenvalue weighted by Gasteiger charge is 1.52. The van der Waals surface area contributed by atoms with Gasteiger partial charge in [-0.2, -0.15) is 0 Å². The summed E-state index contributed by atoms with van der Waals surface area (Å²) in [5.41, 5.74) is 0. The molecule has 0 aromatic carbocycles. The smallest absolute Gasteiger partial charge is 0.0368 e. The van der Waals surface area contributed by atoms with Crippen LogP contribution in [0.25, 0.3) is 0 Å². The highest BCUT2D eigenvalue weighted by molar-refractivity contribution is 7.40. The molecule has 0 aromatic heterocycles. The Morgan fingerprint density at radius 3 is 2.20 bits per heavy atom. The van der Waals surface area contributed by atoms with Crippen LogP contribution >= 0.6 is 8.58 Å². The Hall–Kier alpha value is 0.170. The molecule has 0 N–H and O–H groups in total. The summed E-state index contributed by atoms with van der Waals surface area (Å²) in [7, 11) is 1.35. The third-order valence-corrected chi connectivity index (χ3v) is 0.894. The van der Waals surface area contributed by atoms with Gasteiger partial charge in [0.15, 0.2) is 0 Å². The second kappa shape index (κ2) is 4.17. The summed E-state index contributed by atoms with van der Waals surface area (Å²) in [5.74, 6) is 2.10. The van der Waals surface area contributed by atoms with E-state index in [4.69, 9.17) is 0 Å². The summed E-state index contributed by atoms with van der Waals surface area (Å²) < 4.78 is 0. The van der Waals surface area contributed by atoms with Crippen LogP contribution in [0.4, 0.5) is 0 Å². The lowest BCUT2D eigenvalue weighted by atomic mass is 10.8. The Bertz CT molecular complexity index is 30.6. The Morgan fingerprint density at radius 1 is 1.60 bits per heavy atom. The molecule has 5 heavy (non-hydrogen) atoms. The highest BCUT2D eigenvalue weighted by Crippen LogP contribution is 2.00. The van der Waals surface area contributed by atoms with Crippen LogP contribution in [0.2, 0.25) is 0 Å². The SMILES string of the molecule is CC=C[P]C. The third kappa shape index (κ3) is 4.17. The van der Waals surface area contributed by atoms with E-state index in [1.165, 1.54) is 8.58 Å². The van der Waals surface area contributed by atoms with Crippen LogP contribution in [0.1, 0.15) is 6.92 Å². The van der Waals surface area contributed by atoms with Gasteiger partial charge in [0.1, 0.15) is 0 Å². The molecule has 0 aliphatic rings. The maximum Gasteiger partial charge on any atom is -0.0368 e. The molecule has 0 bridgehead atoms. The van der Waals surface area contributed by atoms with Crippen molar-refractivity contribution in [2.24, 2.45) is 0 Å². The molecule has 0 spiro atoms. The predicted octanol–water partition coefficient (Wildman–Crippen LogP) is 2.10. The maximum atomic E-state index is 2.10. The van der Waals surface area contributed by atoms with Crippen molar-refractivity contribution < 1.29 is 0 Å². The van der Waals surface area contributed by atoms with E-state index >= 15 is 0 Å². The molecular formula is C4H8P. The number of hydrogen-bond donors (Lipinski definition) is 0. The summed E-state index contributed by atoms with van der Waals surface area (Å²) in [4.78, 5) is 0. The summed E-state index contributed by atoms with van der Waals surface area (Å²) in [6, 6.07) is 0. The molecule has 0 unspecified atom stereocenters. The molecular weight excluding hydrogens is 79.0 g/mol. The normalized spacial score (nSPS) is 12.4. The lowest BCUT2D eigenvalue weighted by Crippen LogP contribution is -1.30. The van der Waals surface area contributed by atoms with Crippen LogP contribution in [-0.2, 0) is 0 Å². The Morgan fingerprint density at radius 2 is 2.20 bits per heavy atom. The topological polar surface area (TPSA) is 0 Å². The highest BCUT2D eigenvalue weighted by atomic mass is 31.1. The van der Waals surface area contributed by atoms with E-state index in [2.05, 4.69) is 12.5 Å². The largest absolute Gasteiger partial charge is 0.0868 e. The number of rotatable bonds is 1. The molecule has 0 heterocycles. The van der Waals surface area contributed by atoms with Crippen molar-refractivity contribution in [3.05, 3.63) is 11.9 Å². The fraction of sp³-hybridized carbons (Fsp3) is 0.500. The first-order valence-electron chi connectivity index (χ1n) is 1.62. The van der Waals surface area contributed by atoms with Crippen molar-refractivity contribution in [3.8, 4) is 0 Å². The van der Waals surface area contributed by atoms with Crippen LogP contribution in [0.5, 0.6) is 0 Å². The first-order chi connectivity index (χ1) is 2.41. The molecule has 0 aliphatic carbocycles. The van der Waals surface area contributed by atoms with Gasteiger partial charge in [0.25, 0.3) is 0 Å². The van der Waals surface area contributed by atoms with E-state index in [0.717, 1.165) is 0 Å². The van der Waals surface area contributed by atoms with E-state index in [0.29, 0.717) is 0 Å². The van der Waals surface area contributed by atoms with Gasteiger partial charge in [-0.3, -0.25) is 0 Å². The lowest BCUT2D eigenvalue weighted by Gasteiger charge is -1.64. The summed E-state index contributed by atoms with van der Waals surface area (Å²) in [5, 5.41) is 0. The standard InChI is InChI=1S/C4H8P/c1-3-4-5-2/h3-4H,1-2H3. The Balaban J connectivity index is 2.62. The van der Waals surface area contributed by atoms with Gasteiger partial charge in [0.05, 0.1) is 0 Å². The summed E-state index contributed by atoms with van der Waals surface area (Å²) in [6.07, 6.45) is 2.04. The second-order valence-electron chi connectivity index (χ2n) is 0.741. The quantitative estimate of drug-likeness (QED) is 0.429. The first-order valence-corrected chi connectivity index (χ1v) is 3.03. The van der Waals surface area contributed by atoms with E-state index in [1.807, 2.05) is 13.0 Å². The van der Waals surface area contributed by atoms with Crippen LogP contribution in [0.3, 0.4) is 0 Å². The van der Waals surface area contributed by atoms with Gasteiger partial charge < -0.3 is 0 Å². The Labute approximate surface area is 35.1 Å². The molecule has 0 saturated heterocycles. The van der Waals surface area contributed by atoms with Gasteiger partial charge in [-0.05, 0) is 13.6 Å². The van der Waals surface area contributed by atoms with Gasteiger partial charge >= 0.3 is 0 Å². The van der Waals surface area contributed by atoms with Gasteiger partial charge in [0.2, 0.25) is 0 Å². The lowest BCUT2D eigenvalue weighted by molar-refractivity contribution is 1.78. The molecule has 0 rings (SSSR count). The average molecular weight is 87.1 g/mol. The minimum Gasteiger partial charge on any atom is -0.0868 e. The molecule has 0 amide bonds. The van der Waals surface area contributed by atoms with Crippen molar-refractivity contribution in [2.75, 3.05) is 6.66 Å². The third-order valence-electron chi connectivity index (χ3n) is 0.298. The zero-order chi connectivity index (χ0) is 4.12. The monoisotopic (exact) mass is 87.0 g/mol. The second-order valence-corrected chi connectivity index (χ2v) is 1.56. The number of hydrogen-bond acceptors (Lipinski definition) is 0. The fourth-order valence-electron chi connectivity index (χ4n) is 0.149. The van der Waals surface area contributed by atoms with Crippen molar-refractivity contribution in [2.45, 2.75) is 6.92 Å². The molecule has 0 fully saturated rings. The Kier molecular flexibility index (Phi) is 4.31. The van der Waals surface area contributed by atoms with E-state index in [9.17, 15) is 0 Å². The maximum absolute atomic E-state index is 2.10. The summed E-state index contributed by atoms with van der Waals surface area (Å²) >= 11 is 0. The van der Waals surface area contributed by atoms with Crippen molar-refractivity contribution in [1.29, 1.82) is 0 Å². The minimum atomic E-state index is 1.35. The molecule has 0 nitrogen and oxygen atoms in total. The zero-order valence-corrected chi connectivity index (χ0v) is 4.50. The van der Waals surface area contributed by atoms with Gasteiger partial charge in [-0.15, -0.1) is 0 Å². The van der Waals surface area contributed by atoms with Gasteiger partial charge in [-0.25, -0.2) is 0 Å². The van der Waals surface area contributed by atoms with E-state index < -0.39 is 0 Å². The molecule has 29 valence electrons. The number of allylic oxidation sites excluding steroid dienone is 1. The molecule has 0 saturated carbocycles. The molecule has 0 atom stereocenters. The molecule has 0 aromatic rings. The zero-order valence-electron chi connectivity index (χ0n) is 3.60. The van der Waals surface area contributed by atoms with E-state index in [-0.39, 0.29) is 0 Å². The molecule has 1 radical (unpaired) electrons. The van der Waals surface area contributed by atoms with Gasteiger partial charge in [-0.1, -0.05) is 20.5 Å². The van der Waals surface area contributed by atoms with Crippen molar-refractivity contribution >= 4 is 8.58 Å². The fourth-order valence-corrected chi connectivity index (χ4v) is 0.447. The average Bonchev–Trinajstić information content (AvgIpc) is 1.41. The van der Waals surface area contributed by atoms with Crippen LogP contribution in [-0.4, -0.2) is 6.66 Å². The van der Waals surface area contributed by atoms with Crippen LogP contribution in [0.15, 0.2) is 11.9 Å². The van der Waals surface area contributed by atoms with Crippen LogP contribution in [0, 0.1) is 0 Å². The molecule has 0 aliphatic heterocycles. The first kappa shape index (κ1) is 5.17. The van der Waals surface area contributed by atoms with E-state index in [1.54, 1.807) is 0 Å². The predicted molar refractivity (Wildman–Crippen MR) is 27.7 cm³/mol. The summed E-state index contributed by atoms with van der Waals surface area (Å²) in [6.45, 7) is 4.12. The molecule has 1 heteroatoms.